The van der Waals surface area contributed by atoms with Crippen LogP contribution in [0.1, 0.15) is 95.1 Å². The number of carbonyl (C=O) groups is 3. The summed E-state index contributed by atoms with van der Waals surface area (Å²) in [5, 5.41) is 0. The van der Waals surface area contributed by atoms with Gasteiger partial charge in [0.15, 0.2) is 0 Å². The highest BCUT2D eigenvalue weighted by Gasteiger charge is 2.41. The Morgan fingerprint density at radius 2 is 1.66 bits per heavy atom. The molecule has 0 bridgehead atoms. The number of thiophene rings is 1. The van der Waals surface area contributed by atoms with E-state index >= 15 is 0 Å². The largest absolute Gasteiger partial charge is 0.465 e. The van der Waals surface area contributed by atoms with Gasteiger partial charge in [-0.1, -0.05) is 27.7 Å². The number of likely N-dealkylation sites (tertiary alicyclic amines) is 1. The van der Waals surface area contributed by atoms with E-state index in [0.29, 0.717) is 36.0 Å². The third kappa shape index (κ3) is 6.57. The molecule has 0 radical (unpaired) electrons. The minimum atomic E-state index is -0.587. The number of ether oxygens (including phenoxy) is 2. The van der Waals surface area contributed by atoms with Gasteiger partial charge in [-0.25, -0.2) is 9.59 Å². The lowest BCUT2D eigenvalue weighted by atomic mass is 9.82. The van der Waals surface area contributed by atoms with Crippen LogP contribution in [0, 0.1) is 11.8 Å². The van der Waals surface area contributed by atoms with Crippen molar-refractivity contribution in [3.63, 3.8) is 0 Å². The fraction of sp³-hybridized carbons (Fsp3) is 0.741. The Balaban J connectivity index is 1.99. The van der Waals surface area contributed by atoms with Gasteiger partial charge < -0.3 is 19.3 Å². The van der Waals surface area contributed by atoms with Crippen LogP contribution in [0.3, 0.4) is 0 Å². The number of hydrogen-bond acceptors (Lipinski definition) is 6. The fourth-order valence-electron chi connectivity index (χ4n) is 4.81. The number of carbonyl (C=O) groups excluding carboxylic acids is 3. The van der Waals surface area contributed by atoms with E-state index in [4.69, 9.17) is 9.47 Å². The molecule has 1 atom stereocenters. The summed E-state index contributed by atoms with van der Waals surface area (Å²) in [6, 6.07) is 1.76. The molecule has 1 aliphatic carbocycles. The highest BCUT2D eigenvalue weighted by Crippen LogP contribution is 2.41. The summed E-state index contributed by atoms with van der Waals surface area (Å²) < 4.78 is 10.7. The summed E-state index contributed by atoms with van der Waals surface area (Å²) >= 11 is 1.39. The van der Waals surface area contributed by atoms with Gasteiger partial charge in [0, 0.05) is 23.9 Å². The van der Waals surface area contributed by atoms with E-state index in [1.54, 1.807) is 4.90 Å². The molecule has 8 heteroatoms. The molecule has 1 aromatic heterocycles. The van der Waals surface area contributed by atoms with Crippen LogP contribution in [0.2, 0.25) is 0 Å². The van der Waals surface area contributed by atoms with Gasteiger partial charge in [-0.15, -0.1) is 11.3 Å². The molecule has 196 valence electrons. The Bertz CT molecular complexity index is 934. The van der Waals surface area contributed by atoms with Gasteiger partial charge in [-0.05, 0) is 70.3 Å². The lowest BCUT2D eigenvalue weighted by Gasteiger charge is -2.35. The topological polar surface area (TPSA) is 76.2 Å². The predicted molar refractivity (Wildman–Crippen MR) is 139 cm³/mol. The minimum Gasteiger partial charge on any atom is -0.465 e. The number of anilines is 1. The van der Waals surface area contributed by atoms with E-state index in [2.05, 4.69) is 27.7 Å². The standard InChI is InChI=1S/C27H42N2O5S/c1-17-9-11-18(12-10-17)23(30)29(19-13-14-28(16-19)25(32)34-27(5,6)7)20-15-21(26(2,3)4)35-22(20)24(31)33-8/h15,17-19H,9-14,16H2,1-8H3/t17-,18-,19-/m0/s1. The summed E-state index contributed by atoms with van der Waals surface area (Å²) in [4.78, 5) is 44.6. The van der Waals surface area contributed by atoms with Crippen LogP contribution in [0.4, 0.5) is 10.5 Å². The van der Waals surface area contributed by atoms with Crippen molar-refractivity contribution >= 4 is 35.0 Å². The van der Waals surface area contributed by atoms with Crippen LogP contribution in [-0.2, 0) is 19.7 Å². The summed E-state index contributed by atoms with van der Waals surface area (Å²) in [5.41, 5.74) is -0.151. The number of rotatable bonds is 4. The zero-order chi connectivity index (χ0) is 26.1. The second kappa shape index (κ2) is 10.5. The van der Waals surface area contributed by atoms with Crippen molar-refractivity contribution in [3.8, 4) is 0 Å². The monoisotopic (exact) mass is 506 g/mol. The Hall–Kier alpha value is -2.09. The molecular formula is C27H42N2O5S. The molecule has 2 aliphatic rings. The van der Waals surface area contributed by atoms with Crippen LogP contribution >= 0.6 is 11.3 Å². The molecule has 2 amide bonds. The molecule has 1 saturated carbocycles. The second-order valence-corrected chi connectivity index (χ2v) is 13.2. The zero-order valence-corrected chi connectivity index (χ0v) is 23.4. The number of esters is 1. The summed E-state index contributed by atoms with van der Waals surface area (Å²) in [5.74, 6) is 0.167. The first-order chi connectivity index (χ1) is 16.2. The molecule has 0 unspecified atom stereocenters. The highest BCUT2D eigenvalue weighted by atomic mass is 32.1. The van der Waals surface area contributed by atoms with E-state index in [-0.39, 0.29) is 29.4 Å². The maximum atomic E-state index is 14.1. The number of hydrogen-bond donors (Lipinski definition) is 0. The van der Waals surface area contributed by atoms with E-state index in [1.807, 2.05) is 31.7 Å². The predicted octanol–water partition coefficient (Wildman–Crippen LogP) is 6.00. The molecule has 0 N–H and O–H groups in total. The Labute approximate surface area is 214 Å². The Morgan fingerprint density at radius 3 is 2.20 bits per heavy atom. The molecule has 7 nitrogen and oxygen atoms in total. The van der Waals surface area contributed by atoms with Gasteiger partial charge in [0.05, 0.1) is 18.8 Å². The van der Waals surface area contributed by atoms with Crippen molar-refractivity contribution < 1.29 is 23.9 Å². The molecule has 1 aliphatic heterocycles. The van der Waals surface area contributed by atoms with Gasteiger partial charge in [0.25, 0.3) is 0 Å². The second-order valence-electron chi connectivity index (χ2n) is 12.1. The maximum Gasteiger partial charge on any atom is 0.410 e. The van der Waals surface area contributed by atoms with Gasteiger partial charge in [-0.2, -0.15) is 0 Å². The Morgan fingerprint density at radius 1 is 1.03 bits per heavy atom. The van der Waals surface area contributed by atoms with E-state index in [1.165, 1.54) is 18.4 Å². The number of methoxy groups -OCH3 is 1. The average molecular weight is 507 g/mol. The molecule has 0 aromatic carbocycles. The van der Waals surface area contributed by atoms with Crippen LogP contribution in [0.25, 0.3) is 0 Å². The normalized spacial score (nSPS) is 23.2. The molecular weight excluding hydrogens is 464 g/mol. The summed E-state index contributed by atoms with van der Waals surface area (Å²) in [6.07, 6.45) is 4.02. The van der Waals surface area contributed by atoms with E-state index in [0.717, 1.165) is 30.6 Å². The van der Waals surface area contributed by atoms with Crippen molar-refractivity contribution in [2.24, 2.45) is 11.8 Å². The van der Waals surface area contributed by atoms with Gasteiger partial charge in [0.2, 0.25) is 5.91 Å². The van der Waals surface area contributed by atoms with Crippen LogP contribution in [0.5, 0.6) is 0 Å². The first-order valence-electron chi connectivity index (χ1n) is 12.7. The van der Waals surface area contributed by atoms with Crippen molar-refractivity contribution in [1.82, 2.24) is 4.90 Å². The lowest BCUT2D eigenvalue weighted by molar-refractivity contribution is -0.124. The SMILES string of the molecule is COC(=O)c1sc(C(C)(C)C)cc1N(C(=O)[C@H]1CC[C@H](C)CC1)[C@H]1CCN(C(=O)OC(C)(C)C)C1. The van der Waals surface area contributed by atoms with Crippen LogP contribution in [-0.4, -0.2) is 54.7 Å². The molecule has 35 heavy (non-hydrogen) atoms. The van der Waals surface area contributed by atoms with Crippen LogP contribution in [0.15, 0.2) is 6.07 Å². The fourth-order valence-corrected chi connectivity index (χ4v) is 5.94. The van der Waals surface area contributed by atoms with Crippen molar-refractivity contribution in [1.29, 1.82) is 0 Å². The number of amides is 2. The molecule has 0 spiro atoms. The maximum absolute atomic E-state index is 14.1. The third-order valence-corrected chi connectivity index (χ3v) is 8.39. The lowest BCUT2D eigenvalue weighted by Crippen LogP contribution is -2.47. The van der Waals surface area contributed by atoms with Crippen molar-refractivity contribution in [2.45, 2.75) is 97.6 Å². The van der Waals surface area contributed by atoms with Gasteiger partial charge in [-0.3, -0.25) is 4.79 Å². The van der Waals surface area contributed by atoms with Gasteiger partial charge in [0.1, 0.15) is 10.5 Å². The summed E-state index contributed by atoms with van der Waals surface area (Å²) in [7, 11) is 1.37. The molecule has 1 aromatic rings. The molecule has 2 fully saturated rings. The average Bonchev–Trinajstić information content (AvgIpc) is 3.41. The van der Waals surface area contributed by atoms with Gasteiger partial charge >= 0.3 is 12.1 Å². The number of nitrogens with zero attached hydrogens (tertiary/aromatic N) is 2. The first kappa shape index (κ1) is 27.5. The van der Waals surface area contributed by atoms with E-state index in [9.17, 15) is 14.4 Å². The smallest absolute Gasteiger partial charge is 0.410 e. The van der Waals surface area contributed by atoms with Crippen molar-refractivity contribution in [2.75, 3.05) is 25.1 Å². The molecule has 3 rings (SSSR count). The zero-order valence-electron chi connectivity index (χ0n) is 22.6. The van der Waals surface area contributed by atoms with Crippen molar-refractivity contribution in [3.05, 3.63) is 15.8 Å². The first-order valence-corrected chi connectivity index (χ1v) is 13.6. The van der Waals surface area contributed by atoms with E-state index < -0.39 is 11.6 Å². The molecule has 2 heterocycles. The van der Waals surface area contributed by atoms with Crippen LogP contribution < -0.4 is 4.90 Å². The molecule has 1 saturated heterocycles. The third-order valence-electron chi connectivity index (χ3n) is 6.86. The summed E-state index contributed by atoms with van der Waals surface area (Å²) in [6.45, 7) is 15.0. The quantitative estimate of drug-likeness (QED) is 0.468. The minimum absolute atomic E-state index is 0.0522. The highest BCUT2D eigenvalue weighted by molar-refractivity contribution is 7.14. The Kier molecular flexibility index (Phi) is 8.24.